The fraction of sp³-hybridized carbons (Fsp3) is 0.692. The second-order valence-corrected chi connectivity index (χ2v) is 6.49. The average molecular weight is 268 g/mol. The minimum atomic E-state index is -0.919. The summed E-state index contributed by atoms with van der Waals surface area (Å²) >= 11 is 1.50. The van der Waals surface area contributed by atoms with Crippen molar-refractivity contribution in [2.45, 2.75) is 51.5 Å². The predicted molar refractivity (Wildman–Crippen MR) is 73.2 cm³/mol. The summed E-state index contributed by atoms with van der Waals surface area (Å²) < 4.78 is 0. The average Bonchev–Trinajstić information content (AvgIpc) is 2.90. The lowest BCUT2D eigenvalue weighted by Gasteiger charge is -2.17. The lowest BCUT2D eigenvalue weighted by Crippen LogP contribution is -2.29. The highest BCUT2D eigenvalue weighted by Crippen LogP contribution is 2.31. The van der Waals surface area contributed by atoms with Gasteiger partial charge in [-0.05, 0) is 32.6 Å². The van der Waals surface area contributed by atoms with Crippen LogP contribution in [-0.2, 0) is 10.2 Å². The maximum atomic E-state index is 11.2. The first-order chi connectivity index (χ1) is 8.41. The molecule has 1 aromatic rings. The minimum absolute atomic E-state index is 0.483. The molecule has 1 saturated carbocycles. The standard InChI is InChI=1S/C13H20N2O2S/c1-8-5-4-6-9(8)14-12-15-10(7-18-12)13(2,3)11(16)17/h7-9H,4-6H2,1-3H3,(H,14,15)(H,16,17). The Hall–Kier alpha value is -1.10. The molecule has 100 valence electrons. The van der Waals surface area contributed by atoms with Crippen molar-refractivity contribution in [2.24, 2.45) is 5.92 Å². The highest BCUT2D eigenvalue weighted by Gasteiger charge is 2.32. The molecule has 0 spiro atoms. The van der Waals surface area contributed by atoms with Gasteiger partial charge in [-0.2, -0.15) is 0 Å². The van der Waals surface area contributed by atoms with E-state index in [2.05, 4.69) is 17.2 Å². The van der Waals surface area contributed by atoms with Gasteiger partial charge in [-0.25, -0.2) is 4.98 Å². The molecule has 18 heavy (non-hydrogen) atoms. The summed E-state index contributed by atoms with van der Waals surface area (Å²) in [6, 6.07) is 0.483. The normalized spacial score (nSPS) is 24.2. The second kappa shape index (κ2) is 4.88. The summed E-state index contributed by atoms with van der Waals surface area (Å²) in [5, 5.41) is 15.3. The third-order valence-corrected chi connectivity index (χ3v) is 4.62. The number of carboxylic acid groups (broad SMARTS) is 1. The summed E-state index contributed by atoms with van der Waals surface area (Å²) in [6.07, 6.45) is 3.70. The number of nitrogens with one attached hydrogen (secondary N) is 1. The van der Waals surface area contributed by atoms with Crippen molar-refractivity contribution in [3.63, 3.8) is 0 Å². The fourth-order valence-corrected chi connectivity index (χ4v) is 3.20. The Labute approximate surface area is 111 Å². The van der Waals surface area contributed by atoms with Crippen LogP contribution in [0.15, 0.2) is 5.38 Å². The van der Waals surface area contributed by atoms with E-state index >= 15 is 0 Å². The molecule has 0 amide bonds. The summed E-state index contributed by atoms with van der Waals surface area (Å²) in [5.74, 6) is -0.168. The molecule has 1 aromatic heterocycles. The number of nitrogens with zero attached hydrogens (tertiary/aromatic N) is 1. The summed E-state index contributed by atoms with van der Waals surface area (Å²) in [7, 11) is 0. The lowest BCUT2D eigenvalue weighted by atomic mass is 9.90. The van der Waals surface area contributed by atoms with Crippen molar-refractivity contribution in [1.29, 1.82) is 0 Å². The summed E-state index contributed by atoms with van der Waals surface area (Å²) in [4.78, 5) is 15.6. The van der Waals surface area contributed by atoms with Crippen LogP contribution >= 0.6 is 11.3 Å². The highest BCUT2D eigenvalue weighted by atomic mass is 32.1. The molecule has 1 fully saturated rings. The second-order valence-electron chi connectivity index (χ2n) is 5.63. The van der Waals surface area contributed by atoms with Crippen LogP contribution in [0.4, 0.5) is 5.13 Å². The summed E-state index contributed by atoms with van der Waals surface area (Å²) in [5.41, 5.74) is -0.286. The molecule has 0 aromatic carbocycles. The van der Waals surface area contributed by atoms with Gasteiger partial charge in [0, 0.05) is 11.4 Å². The number of thiazole rings is 1. The number of aromatic nitrogens is 1. The third kappa shape index (κ3) is 2.51. The monoisotopic (exact) mass is 268 g/mol. The van der Waals surface area contributed by atoms with E-state index in [1.165, 1.54) is 30.6 Å². The highest BCUT2D eigenvalue weighted by molar-refractivity contribution is 7.13. The largest absolute Gasteiger partial charge is 0.481 e. The van der Waals surface area contributed by atoms with Crippen molar-refractivity contribution < 1.29 is 9.90 Å². The molecular formula is C13H20N2O2S. The number of carbonyl (C=O) groups is 1. The molecule has 2 N–H and O–H groups in total. The zero-order valence-corrected chi connectivity index (χ0v) is 11.9. The maximum absolute atomic E-state index is 11.2. The molecular weight excluding hydrogens is 248 g/mol. The number of hydrogen-bond donors (Lipinski definition) is 2. The van der Waals surface area contributed by atoms with Crippen LogP contribution < -0.4 is 5.32 Å². The van der Waals surface area contributed by atoms with Gasteiger partial charge in [-0.15, -0.1) is 11.3 Å². The molecule has 0 radical (unpaired) electrons. The van der Waals surface area contributed by atoms with Gasteiger partial charge in [0.15, 0.2) is 5.13 Å². The van der Waals surface area contributed by atoms with Crippen LogP contribution in [0.1, 0.15) is 45.7 Å². The predicted octanol–water partition coefficient (Wildman–Crippen LogP) is 3.11. The number of aliphatic carboxylic acids is 1. The van der Waals surface area contributed by atoms with Crippen LogP contribution in [-0.4, -0.2) is 22.1 Å². The molecule has 1 aliphatic rings. The van der Waals surface area contributed by atoms with Crippen LogP contribution in [0, 0.1) is 5.92 Å². The van der Waals surface area contributed by atoms with Gasteiger partial charge in [0.05, 0.1) is 5.69 Å². The molecule has 2 rings (SSSR count). The zero-order valence-electron chi connectivity index (χ0n) is 11.1. The van der Waals surface area contributed by atoms with E-state index in [-0.39, 0.29) is 0 Å². The van der Waals surface area contributed by atoms with E-state index < -0.39 is 11.4 Å². The Morgan fingerprint density at radius 3 is 2.83 bits per heavy atom. The molecule has 2 unspecified atom stereocenters. The smallest absolute Gasteiger partial charge is 0.315 e. The molecule has 1 aliphatic carbocycles. The topological polar surface area (TPSA) is 62.2 Å². The van der Waals surface area contributed by atoms with Gasteiger partial charge < -0.3 is 10.4 Å². The number of carboxylic acids is 1. The van der Waals surface area contributed by atoms with Crippen molar-refractivity contribution >= 4 is 22.4 Å². The Balaban J connectivity index is 2.09. The van der Waals surface area contributed by atoms with Crippen LogP contribution in [0.3, 0.4) is 0 Å². The third-order valence-electron chi connectivity index (χ3n) is 3.85. The van der Waals surface area contributed by atoms with Gasteiger partial charge >= 0.3 is 5.97 Å². The molecule has 0 bridgehead atoms. The van der Waals surface area contributed by atoms with E-state index in [0.717, 1.165) is 5.13 Å². The molecule has 0 saturated heterocycles. The van der Waals surface area contributed by atoms with Gasteiger partial charge in [0.2, 0.25) is 0 Å². The number of hydrogen-bond acceptors (Lipinski definition) is 4. The first kappa shape index (κ1) is 13.3. The Bertz CT molecular complexity index is 442. The van der Waals surface area contributed by atoms with Crippen molar-refractivity contribution in [1.82, 2.24) is 4.98 Å². The van der Waals surface area contributed by atoms with E-state index in [0.29, 0.717) is 17.7 Å². The van der Waals surface area contributed by atoms with Gasteiger partial charge in [0.25, 0.3) is 0 Å². The van der Waals surface area contributed by atoms with Crippen LogP contribution in [0.25, 0.3) is 0 Å². The SMILES string of the molecule is CC1CCCC1Nc1nc(C(C)(C)C(=O)O)cs1. The maximum Gasteiger partial charge on any atom is 0.315 e. The molecule has 5 heteroatoms. The quantitative estimate of drug-likeness (QED) is 0.880. The van der Waals surface area contributed by atoms with Gasteiger partial charge in [-0.1, -0.05) is 13.3 Å². The van der Waals surface area contributed by atoms with Crippen molar-refractivity contribution in [2.75, 3.05) is 5.32 Å². The Morgan fingerprint density at radius 1 is 1.56 bits per heavy atom. The molecule has 2 atom stereocenters. The lowest BCUT2D eigenvalue weighted by molar-refractivity contribution is -0.142. The minimum Gasteiger partial charge on any atom is -0.481 e. The molecule has 4 nitrogen and oxygen atoms in total. The fourth-order valence-electron chi connectivity index (χ4n) is 2.26. The molecule has 0 aliphatic heterocycles. The Morgan fingerprint density at radius 2 is 2.28 bits per heavy atom. The first-order valence-corrected chi connectivity index (χ1v) is 7.25. The van der Waals surface area contributed by atoms with E-state index in [1.54, 1.807) is 13.8 Å². The van der Waals surface area contributed by atoms with E-state index in [1.807, 2.05) is 5.38 Å². The van der Waals surface area contributed by atoms with Crippen LogP contribution in [0.2, 0.25) is 0 Å². The van der Waals surface area contributed by atoms with Gasteiger partial charge in [-0.3, -0.25) is 4.79 Å². The molecule has 1 heterocycles. The zero-order chi connectivity index (χ0) is 13.3. The van der Waals surface area contributed by atoms with Crippen LogP contribution in [0.5, 0.6) is 0 Å². The van der Waals surface area contributed by atoms with Crippen molar-refractivity contribution in [3.05, 3.63) is 11.1 Å². The van der Waals surface area contributed by atoms with E-state index in [9.17, 15) is 9.90 Å². The Kier molecular flexibility index (Phi) is 3.61. The van der Waals surface area contributed by atoms with Gasteiger partial charge in [0.1, 0.15) is 5.41 Å². The number of rotatable bonds is 4. The number of anilines is 1. The van der Waals surface area contributed by atoms with Crippen molar-refractivity contribution in [3.8, 4) is 0 Å². The van der Waals surface area contributed by atoms with E-state index in [4.69, 9.17) is 0 Å². The summed E-state index contributed by atoms with van der Waals surface area (Å²) in [6.45, 7) is 5.62. The first-order valence-electron chi connectivity index (χ1n) is 6.37.